The summed E-state index contributed by atoms with van der Waals surface area (Å²) in [6.45, 7) is 10.2. The molecule has 1 aliphatic carbocycles. The Hall–Kier alpha value is -2.82. The highest BCUT2D eigenvalue weighted by molar-refractivity contribution is 5.88. The van der Waals surface area contributed by atoms with E-state index < -0.39 is 6.04 Å². The Labute approximate surface area is 192 Å². The molecule has 1 atom stereocenters. The summed E-state index contributed by atoms with van der Waals surface area (Å²) >= 11 is 0. The molecule has 1 unspecified atom stereocenters. The minimum absolute atomic E-state index is 0.0968. The maximum Gasteiger partial charge on any atom is 0.261 e. The molecule has 5 nitrogen and oxygen atoms in total. The molecule has 0 aromatic heterocycles. The molecule has 172 valence electrons. The van der Waals surface area contributed by atoms with Crippen molar-refractivity contribution in [2.24, 2.45) is 0 Å². The number of ether oxygens (including phenoxy) is 1. The minimum Gasteiger partial charge on any atom is -0.483 e. The van der Waals surface area contributed by atoms with Gasteiger partial charge in [-0.1, -0.05) is 48.7 Å². The van der Waals surface area contributed by atoms with E-state index in [1.165, 1.54) is 0 Å². The highest BCUT2D eigenvalue weighted by atomic mass is 16.5. The highest BCUT2D eigenvalue weighted by Gasteiger charge is 2.29. The number of amides is 2. The Bertz CT molecular complexity index is 963. The van der Waals surface area contributed by atoms with Gasteiger partial charge in [0.15, 0.2) is 6.61 Å². The predicted octanol–water partition coefficient (Wildman–Crippen LogP) is 4.78. The maximum atomic E-state index is 13.3. The Morgan fingerprint density at radius 3 is 2.47 bits per heavy atom. The molecule has 1 saturated carbocycles. The molecule has 0 aliphatic heterocycles. The predicted molar refractivity (Wildman–Crippen MR) is 128 cm³/mol. The van der Waals surface area contributed by atoms with Crippen LogP contribution in [0.2, 0.25) is 0 Å². The zero-order valence-corrected chi connectivity index (χ0v) is 20.0. The molecule has 1 fully saturated rings. The van der Waals surface area contributed by atoms with Crippen LogP contribution in [0.1, 0.15) is 60.4 Å². The fourth-order valence-electron chi connectivity index (χ4n) is 4.35. The molecule has 0 radical (unpaired) electrons. The lowest BCUT2D eigenvalue weighted by molar-refractivity contribution is -0.142. The summed E-state index contributed by atoms with van der Waals surface area (Å²) in [6.07, 6.45) is 4.32. The zero-order valence-electron chi connectivity index (χ0n) is 20.0. The van der Waals surface area contributed by atoms with Crippen LogP contribution in [0, 0.1) is 27.7 Å². The average Bonchev–Trinajstić information content (AvgIpc) is 3.26. The molecule has 1 N–H and O–H groups in total. The van der Waals surface area contributed by atoms with Crippen molar-refractivity contribution in [2.75, 3.05) is 6.61 Å². The second-order valence-electron chi connectivity index (χ2n) is 9.17. The van der Waals surface area contributed by atoms with Gasteiger partial charge >= 0.3 is 0 Å². The van der Waals surface area contributed by atoms with Crippen LogP contribution < -0.4 is 10.1 Å². The standard InChI is InChI=1S/C27H36N2O3/c1-18-9-8-10-23(14-18)16-29(22(5)27(31)28-24-11-6-7-12-24)26(30)17-32-25-15-19(2)13-20(3)21(25)4/h8-10,13-15,22,24H,6-7,11-12,16-17H2,1-5H3,(H,28,31). The van der Waals surface area contributed by atoms with Crippen LogP contribution in [0.5, 0.6) is 5.75 Å². The number of carbonyl (C=O) groups excluding carboxylic acids is 2. The molecule has 0 spiro atoms. The van der Waals surface area contributed by atoms with Crippen LogP contribution >= 0.6 is 0 Å². The number of aryl methyl sites for hydroxylation is 3. The van der Waals surface area contributed by atoms with Gasteiger partial charge < -0.3 is 15.0 Å². The minimum atomic E-state index is -0.576. The van der Waals surface area contributed by atoms with Gasteiger partial charge in [-0.2, -0.15) is 0 Å². The third-order valence-corrected chi connectivity index (χ3v) is 6.42. The van der Waals surface area contributed by atoms with Crippen molar-refractivity contribution in [1.29, 1.82) is 0 Å². The summed E-state index contributed by atoms with van der Waals surface area (Å²) in [5, 5.41) is 3.14. The van der Waals surface area contributed by atoms with Crippen LogP contribution in [0.25, 0.3) is 0 Å². The number of benzene rings is 2. The first kappa shape index (κ1) is 23.8. The van der Waals surface area contributed by atoms with Crippen molar-refractivity contribution in [2.45, 2.75) is 78.9 Å². The number of hydrogen-bond acceptors (Lipinski definition) is 3. The number of carbonyl (C=O) groups is 2. The molecule has 2 amide bonds. The molecular formula is C27H36N2O3. The number of nitrogens with one attached hydrogen (secondary N) is 1. The van der Waals surface area contributed by atoms with Crippen LogP contribution in [-0.2, 0) is 16.1 Å². The summed E-state index contributed by atoms with van der Waals surface area (Å²) in [7, 11) is 0. The first-order valence-corrected chi connectivity index (χ1v) is 11.6. The van der Waals surface area contributed by atoms with E-state index in [1.54, 1.807) is 11.8 Å². The zero-order chi connectivity index (χ0) is 23.3. The first-order chi connectivity index (χ1) is 15.2. The summed E-state index contributed by atoms with van der Waals surface area (Å²) < 4.78 is 5.94. The monoisotopic (exact) mass is 436 g/mol. The topological polar surface area (TPSA) is 58.6 Å². The fourth-order valence-corrected chi connectivity index (χ4v) is 4.35. The Kier molecular flexibility index (Phi) is 7.94. The molecule has 2 aromatic carbocycles. The smallest absolute Gasteiger partial charge is 0.261 e. The van der Waals surface area contributed by atoms with E-state index in [9.17, 15) is 9.59 Å². The third kappa shape index (κ3) is 6.12. The normalized spacial score (nSPS) is 14.8. The molecule has 0 bridgehead atoms. The molecule has 32 heavy (non-hydrogen) atoms. The fraction of sp³-hybridized carbons (Fsp3) is 0.481. The van der Waals surface area contributed by atoms with E-state index in [0.717, 1.165) is 59.3 Å². The number of rotatable bonds is 8. The van der Waals surface area contributed by atoms with Crippen molar-refractivity contribution in [3.8, 4) is 5.75 Å². The van der Waals surface area contributed by atoms with Gasteiger partial charge in [-0.15, -0.1) is 0 Å². The molecule has 2 aromatic rings. The van der Waals surface area contributed by atoms with Crippen molar-refractivity contribution < 1.29 is 14.3 Å². The van der Waals surface area contributed by atoms with Crippen molar-refractivity contribution in [3.63, 3.8) is 0 Å². The van der Waals surface area contributed by atoms with E-state index in [1.807, 2.05) is 52.0 Å². The highest BCUT2D eigenvalue weighted by Crippen LogP contribution is 2.24. The number of nitrogens with zero attached hydrogens (tertiary/aromatic N) is 1. The Morgan fingerprint density at radius 1 is 1.06 bits per heavy atom. The van der Waals surface area contributed by atoms with Gasteiger partial charge in [0.25, 0.3) is 5.91 Å². The second-order valence-corrected chi connectivity index (χ2v) is 9.17. The van der Waals surface area contributed by atoms with Gasteiger partial charge in [0.2, 0.25) is 5.91 Å². The van der Waals surface area contributed by atoms with Gasteiger partial charge in [-0.3, -0.25) is 9.59 Å². The molecule has 0 saturated heterocycles. The lowest BCUT2D eigenvalue weighted by Crippen LogP contribution is -2.50. The van der Waals surface area contributed by atoms with Crippen LogP contribution in [-0.4, -0.2) is 35.4 Å². The average molecular weight is 437 g/mol. The van der Waals surface area contributed by atoms with Gasteiger partial charge in [-0.25, -0.2) is 0 Å². The van der Waals surface area contributed by atoms with Crippen molar-refractivity contribution in [1.82, 2.24) is 10.2 Å². The van der Waals surface area contributed by atoms with Gasteiger partial charge in [-0.05, 0) is 75.8 Å². The Morgan fingerprint density at radius 2 is 1.78 bits per heavy atom. The van der Waals surface area contributed by atoms with Crippen LogP contribution in [0.15, 0.2) is 36.4 Å². The van der Waals surface area contributed by atoms with E-state index in [0.29, 0.717) is 6.54 Å². The Balaban J connectivity index is 1.75. The second kappa shape index (κ2) is 10.7. The molecule has 1 aliphatic rings. The van der Waals surface area contributed by atoms with Crippen molar-refractivity contribution in [3.05, 3.63) is 64.2 Å². The van der Waals surface area contributed by atoms with Gasteiger partial charge in [0, 0.05) is 12.6 Å². The first-order valence-electron chi connectivity index (χ1n) is 11.6. The van der Waals surface area contributed by atoms with Gasteiger partial charge in [0.05, 0.1) is 0 Å². The lowest BCUT2D eigenvalue weighted by Gasteiger charge is -2.30. The molecule has 0 heterocycles. The van der Waals surface area contributed by atoms with Crippen molar-refractivity contribution >= 4 is 11.8 Å². The van der Waals surface area contributed by atoms with E-state index in [-0.39, 0.29) is 24.5 Å². The molecular weight excluding hydrogens is 400 g/mol. The summed E-state index contributed by atoms with van der Waals surface area (Å²) in [4.78, 5) is 27.9. The summed E-state index contributed by atoms with van der Waals surface area (Å²) in [5.74, 6) is 0.425. The molecule has 5 heteroatoms. The quantitative estimate of drug-likeness (QED) is 0.648. The van der Waals surface area contributed by atoms with Crippen LogP contribution in [0.4, 0.5) is 0 Å². The SMILES string of the molecule is Cc1cccc(CN(C(=O)COc2cc(C)cc(C)c2C)C(C)C(=O)NC2CCCC2)c1. The van der Waals surface area contributed by atoms with E-state index in [4.69, 9.17) is 4.74 Å². The largest absolute Gasteiger partial charge is 0.483 e. The van der Waals surface area contributed by atoms with Gasteiger partial charge in [0.1, 0.15) is 11.8 Å². The summed E-state index contributed by atoms with van der Waals surface area (Å²) in [6, 6.07) is 11.7. The van der Waals surface area contributed by atoms with E-state index in [2.05, 4.69) is 17.4 Å². The third-order valence-electron chi connectivity index (χ3n) is 6.42. The lowest BCUT2D eigenvalue weighted by atomic mass is 10.1. The maximum absolute atomic E-state index is 13.3. The summed E-state index contributed by atoms with van der Waals surface area (Å²) in [5.41, 5.74) is 5.38. The van der Waals surface area contributed by atoms with E-state index >= 15 is 0 Å². The molecule has 3 rings (SSSR count). The number of hydrogen-bond donors (Lipinski definition) is 1. The van der Waals surface area contributed by atoms with Crippen LogP contribution in [0.3, 0.4) is 0 Å².